The second-order valence-electron chi connectivity index (χ2n) is 4.10. The van der Waals surface area contributed by atoms with E-state index in [0.717, 1.165) is 25.9 Å². The van der Waals surface area contributed by atoms with Gasteiger partial charge >= 0.3 is 6.03 Å². The molecule has 0 aliphatic carbocycles. The molecule has 3 N–H and O–H groups in total. The molecule has 1 fully saturated rings. The average Bonchev–Trinajstić information content (AvgIpc) is 2.53. The molecular formula is C11H16BrN3O2. The molecule has 0 radical (unpaired) electrons. The zero-order valence-electron chi connectivity index (χ0n) is 9.46. The van der Waals surface area contributed by atoms with Crippen LogP contribution in [0, 0.1) is 0 Å². The number of rotatable bonds is 2. The molecule has 5 nitrogen and oxygen atoms in total. The fourth-order valence-electron chi connectivity index (χ4n) is 1.86. The summed E-state index contributed by atoms with van der Waals surface area (Å²) in [4.78, 5) is 11.7. The third-order valence-corrected chi connectivity index (χ3v) is 3.12. The zero-order chi connectivity index (χ0) is 12.1. The van der Waals surface area contributed by atoms with Crippen LogP contribution in [0.4, 0.5) is 10.7 Å². The van der Waals surface area contributed by atoms with Crippen LogP contribution >= 0.6 is 15.9 Å². The Labute approximate surface area is 108 Å². The maximum absolute atomic E-state index is 11.7. The van der Waals surface area contributed by atoms with Gasteiger partial charge in [-0.15, -0.1) is 0 Å². The Morgan fingerprint density at radius 2 is 2.35 bits per heavy atom. The van der Waals surface area contributed by atoms with Crippen LogP contribution in [0.25, 0.3) is 0 Å². The third-order valence-electron chi connectivity index (χ3n) is 2.69. The van der Waals surface area contributed by atoms with Crippen LogP contribution in [0.5, 0.6) is 0 Å². The first-order valence-electron chi connectivity index (χ1n) is 5.77. The second-order valence-corrected chi connectivity index (χ2v) is 4.88. The Balaban J connectivity index is 1.80. The Bertz CT molecular complexity index is 373. The van der Waals surface area contributed by atoms with Gasteiger partial charge in [0, 0.05) is 18.7 Å². The Morgan fingerprint density at radius 3 is 3.12 bits per heavy atom. The number of urea groups is 1. The average molecular weight is 302 g/mol. The topological polar surface area (TPSA) is 66.3 Å². The van der Waals surface area contributed by atoms with Crippen LogP contribution in [-0.4, -0.2) is 25.2 Å². The highest BCUT2D eigenvalue weighted by atomic mass is 79.9. The number of carbonyl (C=O) groups excluding carboxylic acids is 1. The van der Waals surface area contributed by atoms with Gasteiger partial charge in [-0.25, -0.2) is 4.79 Å². The number of carbonyl (C=O) groups is 1. The van der Waals surface area contributed by atoms with Crippen molar-refractivity contribution >= 4 is 27.8 Å². The standard InChI is InChI=1S/C11H16BrN3O2/c12-9-4-5-10(17-9)15-11(16)14-8-3-1-2-6-13-7-8/h4-5,8,13H,1-3,6-7H2,(H2,14,15,16). The van der Waals surface area contributed by atoms with E-state index in [0.29, 0.717) is 10.6 Å². The van der Waals surface area contributed by atoms with Gasteiger partial charge in [-0.05, 0) is 41.4 Å². The molecule has 2 rings (SSSR count). The van der Waals surface area contributed by atoms with E-state index < -0.39 is 0 Å². The molecule has 1 aliphatic heterocycles. The van der Waals surface area contributed by atoms with Crippen LogP contribution < -0.4 is 16.0 Å². The quantitative estimate of drug-likeness (QED) is 0.785. The monoisotopic (exact) mass is 301 g/mol. The predicted octanol–water partition coefficient (Wildman–Crippen LogP) is 2.31. The van der Waals surface area contributed by atoms with E-state index in [1.54, 1.807) is 12.1 Å². The van der Waals surface area contributed by atoms with E-state index in [1.807, 2.05) is 0 Å². The molecular weight excluding hydrogens is 286 g/mol. The molecule has 0 bridgehead atoms. The molecule has 1 unspecified atom stereocenters. The van der Waals surface area contributed by atoms with Crippen molar-refractivity contribution in [3.8, 4) is 0 Å². The summed E-state index contributed by atoms with van der Waals surface area (Å²) in [6, 6.07) is 3.41. The maximum atomic E-state index is 11.7. The molecule has 94 valence electrons. The fraction of sp³-hybridized carbons (Fsp3) is 0.545. The fourth-order valence-corrected chi connectivity index (χ4v) is 2.16. The lowest BCUT2D eigenvalue weighted by Crippen LogP contribution is -2.42. The number of anilines is 1. The molecule has 0 saturated carbocycles. The Kier molecular flexibility index (Phi) is 4.44. The summed E-state index contributed by atoms with van der Waals surface area (Å²) in [6.45, 7) is 1.86. The van der Waals surface area contributed by atoms with Gasteiger partial charge in [-0.2, -0.15) is 0 Å². The van der Waals surface area contributed by atoms with E-state index in [1.165, 1.54) is 6.42 Å². The molecule has 1 saturated heterocycles. The van der Waals surface area contributed by atoms with E-state index in [-0.39, 0.29) is 12.1 Å². The van der Waals surface area contributed by atoms with Crippen molar-refractivity contribution in [3.63, 3.8) is 0 Å². The van der Waals surface area contributed by atoms with Crippen molar-refractivity contribution in [3.05, 3.63) is 16.8 Å². The highest BCUT2D eigenvalue weighted by Crippen LogP contribution is 2.18. The summed E-state index contributed by atoms with van der Waals surface area (Å²) in [5, 5.41) is 8.88. The van der Waals surface area contributed by atoms with Gasteiger partial charge in [0.2, 0.25) is 5.88 Å². The summed E-state index contributed by atoms with van der Waals surface area (Å²) in [7, 11) is 0. The minimum absolute atomic E-state index is 0.191. The number of furan rings is 1. The maximum Gasteiger partial charge on any atom is 0.321 e. The van der Waals surface area contributed by atoms with E-state index in [2.05, 4.69) is 31.9 Å². The lowest BCUT2D eigenvalue weighted by Gasteiger charge is -2.16. The van der Waals surface area contributed by atoms with Crippen LogP contribution in [-0.2, 0) is 0 Å². The minimum Gasteiger partial charge on any atom is -0.434 e. The number of hydrogen-bond donors (Lipinski definition) is 3. The minimum atomic E-state index is -0.222. The van der Waals surface area contributed by atoms with Gasteiger partial charge in [-0.3, -0.25) is 5.32 Å². The summed E-state index contributed by atoms with van der Waals surface area (Å²) >= 11 is 3.18. The number of hydrogen-bond acceptors (Lipinski definition) is 3. The molecule has 1 aliphatic rings. The first-order chi connectivity index (χ1) is 8.24. The van der Waals surface area contributed by atoms with Gasteiger partial charge in [0.05, 0.1) is 0 Å². The normalized spacial score (nSPS) is 20.6. The smallest absolute Gasteiger partial charge is 0.321 e. The lowest BCUT2D eigenvalue weighted by molar-refractivity contribution is 0.247. The molecule has 0 spiro atoms. The lowest BCUT2D eigenvalue weighted by atomic mass is 10.1. The second kappa shape index (κ2) is 6.07. The first kappa shape index (κ1) is 12.4. The predicted molar refractivity (Wildman–Crippen MR) is 69.1 cm³/mol. The molecule has 2 heterocycles. The molecule has 1 aromatic rings. The first-order valence-corrected chi connectivity index (χ1v) is 6.57. The number of nitrogens with one attached hydrogen (secondary N) is 3. The van der Waals surface area contributed by atoms with Crippen LogP contribution in [0.1, 0.15) is 19.3 Å². The van der Waals surface area contributed by atoms with Crippen LogP contribution in [0.15, 0.2) is 21.2 Å². The van der Waals surface area contributed by atoms with Crippen LogP contribution in [0.2, 0.25) is 0 Å². The largest absolute Gasteiger partial charge is 0.434 e. The van der Waals surface area contributed by atoms with Gasteiger partial charge < -0.3 is 15.1 Å². The Morgan fingerprint density at radius 1 is 1.47 bits per heavy atom. The molecule has 1 aromatic heterocycles. The van der Waals surface area contributed by atoms with E-state index in [9.17, 15) is 4.79 Å². The van der Waals surface area contributed by atoms with E-state index in [4.69, 9.17) is 4.42 Å². The van der Waals surface area contributed by atoms with Crippen molar-refractivity contribution in [2.24, 2.45) is 0 Å². The molecule has 2 amide bonds. The van der Waals surface area contributed by atoms with Crippen molar-refractivity contribution in [2.45, 2.75) is 25.3 Å². The van der Waals surface area contributed by atoms with Crippen molar-refractivity contribution in [2.75, 3.05) is 18.4 Å². The highest BCUT2D eigenvalue weighted by Gasteiger charge is 2.14. The van der Waals surface area contributed by atoms with Crippen molar-refractivity contribution in [1.82, 2.24) is 10.6 Å². The van der Waals surface area contributed by atoms with Crippen molar-refractivity contribution < 1.29 is 9.21 Å². The molecule has 1 atom stereocenters. The van der Waals surface area contributed by atoms with E-state index >= 15 is 0 Å². The van der Waals surface area contributed by atoms with Crippen molar-refractivity contribution in [1.29, 1.82) is 0 Å². The molecule has 6 heteroatoms. The molecule has 0 aromatic carbocycles. The third kappa shape index (κ3) is 4.05. The Hall–Kier alpha value is -1.01. The summed E-state index contributed by atoms with van der Waals surface area (Å²) in [5.74, 6) is 0.441. The zero-order valence-corrected chi connectivity index (χ0v) is 11.0. The van der Waals surface area contributed by atoms with Gasteiger partial charge in [-0.1, -0.05) is 6.42 Å². The van der Waals surface area contributed by atoms with Gasteiger partial charge in [0.25, 0.3) is 0 Å². The summed E-state index contributed by atoms with van der Waals surface area (Å²) < 4.78 is 5.80. The SMILES string of the molecule is O=C(Nc1ccc(Br)o1)NC1CCCCNC1. The number of halogens is 1. The summed E-state index contributed by atoms with van der Waals surface area (Å²) in [6.07, 6.45) is 3.33. The summed E-state index contributed by atoms with van der Waals surface area (Å²) in [5.41, 5.74) is 0. The van der Waals surface area contributed by atoms with Gasteiger partial charge in [0.15, 0.2) is 4.67 Å². The van der Waals surface area contributed by atoms with Crippen LogP contribution in [0.3, 0.4) is 0 Å². The number of amides is 2. The van der Waals surface area contributed by atoms with Gasteiger partial charge in [0.1, 0.15) is 0 Å². The highest BCUT2D eigenvalue weighted by molar-refractivity contribution is 9.10. The molecule has 17 heavy (non-hydrogen) atoms.